The average molecular weight is 614 g/mol. The van der Waals surface area contributed by atoms with Crippen molar-refractivity contribution in [3.8, 4) is 56.5 Å². The first kappa shape index (κ1) is 27.7. The van der Waals surface area contributed by atoms with Gasteiger partial charge in [0.2, 0.25) is 0 Å². The summed E-state index contributed by atoms with van der Waals surface area (Å²) in [7, 11) is 0. The molecule has 3 heterocycles. The van der Waals surface area contributed by atoms with Crippen molar-refractivity contribution in [2.45, 2.75) is 0 Å². The smallest absolute Gasteiger partial charge is 0.182 e. The van der Waals surface area contributed by atoms with Crippen LogP contribution in [0.15, 0.2) is 164 Å². The first-order valence-electron chi connectivity index (χ1n) is 15.9. The second-order valence-corrected chi connectivity index (χ2v) is 11.7. The van der Waals surface area contributed by atoms with Gasteiger partial charge in [0.25, 0.3) is 0 Å². The Balaban J connectivity index is 1.26. The molecule has 0 aliphatic heterocycles. The Morgan fingerprint density at radius 1 is 0.292 bits per heavy atom. The maximum atomic E-state index is 5.21. The fourth-order valence-corrected chi connectivity index (χ4v) is 6.43. The van der Waals surface area contributed by atoms with E-state index in [1.807, 2.05) is 79.0 Å². The first-order chi connectivity index (χ1) is 23.8. The number of hydrogen-bond acceptors (Lipinski definition) is 5. The van der Waals surface area contributed by atoms with Crippen molar-refractivity contribution in [3.63, 3.8) is 0 Å². The monoisotopic (exact) mass is 613 g/mol. The lowest BCUT2D eigenvalue weighted by molar-refractivity contribution is 1.06. The van der Waals surface area contributed by atoms with Gasteiger partial charge in [-0.3, -0.25) is 4.98 Å². The Morgan fingerprint density at radius 3 is 1.38 bits per heavy atom. The Kier molecular flexibility index (Phi) is 6.72. The molecule has 9 aromatic rings. The highest BCUT2D eigenvalue weighted by molar-refractivity contribution is 6.23. The van der Waals surface area contributed by atoms with E-state index in [1.165, 1.54) is 0 Å². The predicted molar refractivity (Wildman–Crippen MR) is 195 cm³/mol. The number of fused-ring (bicyclic) bond motifs is 6. The summed E-state index contributed by atoms with van der Waals surface area (Å²) in [5.74, 6) is 1.67. The molecule has 0 atom stereocenters. The van der Waals surface area contributed by atoms with E-state index in [2.05, 4.69) is 84.9 Å². The van der Waals surface area contributed by atoms with Gasteiger partial charge in [0, 0.05) is 28.1 Å². The number of pyridine rings is 2. The van der Waals surface area contributed by atoms with Crippen LogP contribution in [-0.2, 0) is 0 Å². The number of nitrogens with zero attached hydrogens (tertiary/aromatic N) is 5. The highest BCUT2D eigenvalue weighted by atomic mass is 15.0. The Labute approximate surface area is 277 Å². The molecular weight excluding hydrogens is 587 g/mol. The molecule has 48 heavy (non-hydrogen) atoms. The third kappa shape index (κ3) is 4.95. The standard InChI is InChI=1S/C43H27N5/c1-3-12-28(13-4-1)30-16-9-18-32(26-30)41-46-42(33-19-10-17-31(27-33)29-14-5-2-6-15-29)48-43(47-41)38-24-23-37-35-21-8-7-20-34(35)36-22-11-25-44-39(36)40(37)45-38/h1-27H. The van der Waals surface area contributed by atoms with Crippen LogP contribution >= 0.6 is 0 Å². The van der Waals surface area contributed by atoms with Gasteiger partial charge in [-0.25, -0.2) is 19.9 Å². The van der Waals surface area contributed by atoms with E-state index in [0.29, 0.717) is 23.2 Å². The molecule has 0 unspecified atom stereocenters. The third-order valence-electron chi connectivity index (χ3n) is 8.75. The van der Waals surface area contributed by atoms with E-state index in [0.717, 1.165) is 66.0 Å². The molecule has 0 saturated heterocycles. The lowest BCUT2D eigenvalue weighted by Crippen LogP contribution is -2.02. The highest BCUT2D eigenvalue weighted by Gasteiger charge is 2.17. The van der Waals surface area contributed by atoms with Crippen LogP contribution in [-0.4, -0.2) is 24.9 Å². The average Bonchev–Trinajstić information content (AvgIpc) is 3.18. The molecule has 0 amide bonds. The third-order valence-corrected chi connectivity index (χ3v) is 8.75. The van der Waals surface area contributed by atoms with Crippen LogP contribution in [0.3, 0.4) is 0 Å². The second kappa shape index (κ2) is 11.6. The van der Waals surface area contributed by atoms with E-state index in [1.54, 1.807) is 0 Å². The van der Waals surface area contributed by atoms with E-state index in [9.17, 15) is 0 Å². The molecule has 3 aromatic heterocycles. The van der Waals surface area contributed by atoms with Gasteiger partial charge >= 0.3 is 0 Å². The zero-order valence-electron chi connectivity index (χ0n) is 25.8. The molecule has 0 saturated carbocycles. The van der Waals surface area contributed by atoms with E-state index < -0.39 is 0 Å². The van der Waals surface area contributed by atoms with Crippen LogP contribution < -0.4 is 0 Å². The fraction of sp³-hybridized carbons (Fsp3) is 0. The predicted octanol–water partition coefficient (Wildman–Crippen LogP) is 10.5. The molecule has 0 spiro atoms. The SMILES string of the molecule is c1ccc(-c2cccc(-c3nc(-c4cccc(-c5ccccc5)c4)nc(-c4ccc5c6ccccc6c6cccnc6c5n4)n3)c2)cc1. The van der Waals surface area contributed by atoms with Crippen molar-refractivity contribution in [2.24, 2.45) is 0 Å². The van der Waals surface area contributed by atoms with Crippen LogP contribution in [0.1, 0.15) is 0 Å². The summed E-state index contributed by atoms with van der Waals surface area (Å²) in [6.45, 7) is 0. The first-order valence-corrected chi connectivity index (χ1v) is 15.9. The number of rotatable bonds is 5. The topological polar surface area (TPSA) is 64.5 Å². The van der Waals surface area contributed by atoms with Crippen LogP contribution in [0, 0.1) is 0 Å². The van der Waals surface area contributed by atoms with Gasteiger partial charge in [-0.2, -0.15) is 0 Å². The van der Waals surface area contributed by atoms with Crippen LogP contribution in [0.5, 0.6) is 0 Å². The fourth-order valence-electron chi connectivity index (χ4n) is 6.43. The zero-order chi connectivity index (χ0) is 31.9. The van der Waals surface area contributed by atoms with Gasteiger partial charge in [0.05, 0.1) is 11.0 Å². The number of aromatic nitrogens is 5. The summed E-state index contributed by atoms with van der Waals surface area (Å²) in [4.78, 5) is 25.2. The van der Waals surface area contributed by atoms with Gasteiger partial charge in [-0.1, -0.05) is 127 Å². The second-order valence-electron chi connectivity index (χ2n) is 11.7. The van der Waals surface area contributed by atoms with Gasteiger partial charge in [0.15, 0.2) is 17.5 Å². The molecule has 224 valence electrons. The van der Waals surface area contributed by atoms with Crippen LogP contribution in [0.25, 0.3) is 89.1 Å². The summed E-state index contributed by atoms with van der Waals surface area (Å²) in [5, 5.41) is 4.41. The van der Waals surface area contributed by atoms with Crippen molar-refractivity contribution < 1.29 is 0 Å². The van der Waals surface area contributed by atoms with Crippen LogP contribution in [0.2, 0.25) is 0 Å². The van der Waals surface area contributed by atoms with Gasteiger partial charge < -0.3 is 0 Å². The molecule has 5 heteroatoms. The Morgan fingerprint density at radius 2 is 0.771 bits per heavy atom. The minimum absolute atomic E-state index is 0.504. The molecule has 0 fully saturated rings. The van der Waals surface area contributed by atoms with Crippen molar-refractivity contribution >= 4 is 32.6 Å². The molecule has 0 radical (unpaired) electrons. The largest absolute Gasteiger partial charge is 0.254 e. The lowest BCUT2D eigenvalue weighted by Gasteiger charge is -2.12. The van der Waals surface area contributed by atoms with E-state index >= 15 is 0 Å². The lowest BCUT2D eigenvalue weighted by atomic mass is 9.99. The normalized spacial score (nSPS) is 11.3. The zero-order valence-corrected chi connectivity index (χ0v) is 25.8. The molecule has 6 aromatic carbocycles. The van der Waals surface area contributed by atoms with Crippen LogP contribution in [0.4, 0.5) is 0 Å². The quantitative estimate of drug-likeness (QED) is 0.181. The minimum atomic E-state index is 0.504. The molecule has 0 aliphatic carbocycles. The van der Waals surface area contributed by atoms with E-state index in [-0.39, 0.29) is 0 Å². The summed E-state index contributed by atoms with van der Waals surface area (Å²) in [6.07, 6.45) is 1.82. The van der Waals surface area contributed by atoms with Crippen molar-refractivity contribution in [1.29, 1.82) is 0 Å². The molecular formula is C43H27N5. The van der Waals surface area contributed by atoms with Crippen molar-refractivity contribution in [1.82, 2.24) is 24.9 Å². The van der Waals surface area contributed by atoms with Crippen molar-refractivity contribution in [2.75, 3.05) is 0 Å². The maximum Gasteiger partial charge on any atom is 0.182 e. The van der Waals surface area contributed by atoms with Crippen molar-refractivity contribution in [3.05, 3.63) is 164 Å². The highest BCUT2D eigenvalue weighted by Crippen LogP contribution is 2.35. The number of hydrogen-bond donors (Lipinski definition) is 0. The van der Waals surface area contributed by atoms with Gasteiger partial charge in [-0.15, -0.1) is 0 Å². The molecule has 0 aliphatic rings. The molecule has 9 rings (SSSR count). The molecule has 0 N–H and O–H groups in total. The van der Waals surface area contributed by atoms with Gasteiger partial charge in [-0.05, 0) is 63.4 Å². The van der Waals surface area contributed by atoms with E-state index in [4.69, 9.17) is 24.9 Å². The molecule has 5 nitrogen and oxygen atoms in total. The Hall–Kier alpha value is -6.59. The summed E-state index contributed by atoms with van der Waals surface area (Å²) < 4.78 is 0. The summed E-state index contributed by atoms with van der Waals surface area (Å²) in [5.41, 5.74) is 8.59. The number of benzene rings is 6. The van der Waals surface area contributed by atoms with Gasteiger partial charge in [0.1, 0.15) is 5.69 Å². The maximum absolute atomic E-state index is 5.21. The summed E-state index contributed by atoms with van der Waals surface area (Å²) >= 11 is 0. The Bertz CT molecular complexity index is 2480. The minimum Gasteiger partial charge on any atom is -0.254 e. The summed E-state index contributed by atoms with van der Waals surface area (Å²) in [6, 6.07) is 54.0. The molecule has 0 bridgehead atoms.